The molecular formula is C8H8Cl2O2S. The maximum Gasteiger partial charge on any atom is 0.175 e. The number of hydrogen-bond acceptors (Lipinski definition) is 2. The SMILES string of the molecule is CS(=O)(=O)c1ccc(C(Cl)Cl)cc1. The third-order valence-corrected chi connectivity index (χ3v) is 3.19. The van der Waals surface area contributed by atoms with Gasteiger partial charge in [0, 0.05) is 6.26 Å². The lowest BCUT2D eigenvalue weighted by Gasteiger charge is -2.02. The summed E-state index contributed by atoms with van der Waals surface area (Å²) in [6.07, 6.45) is 1.15. The van der Waals surface area contributed by atoms with Crippen LogP contribution in [-0.4, -0.2) is 14.7 Å². The van der Waals surface area contributed by atoms with Crippen LogP contribution in [0.25, 0.3) is 0 Å². The molecule has 0 N–H and O–H groups in total. The van der Waals surface area contributed by atoms with Crippen molar-refractivity contribution in [2.45, 2.75) is 9.73 Å². The predicted octanol–water partition coefficient (Wildman–Crippen LogP) is 2.57. The van der Waals surface area contributed by atoms with Crippen molar-refractivity contribution in [2.75, 3.05) is 6.26 Å². The van der Waals surface area contributed by atoms with Crippen LogP contribution in [0, 0.1) is 0 Å². The molecule has 5 heteroatoms. The van der Waals surface area contributed by atoms with E-state index in [4.69, 9.17) is 23.2 Å². The molecule has 2 nitrogen and oxygen atoms in total. The summed E-state index contributed by atoms with van der Waals surface area (Å²) >= 11 is 11.2. The molecule has 0 aliphatic rings. The Balaban J connectivity index is 3.08. The van der Waals surface area contributed by atoms with E-state index in [0.717, 1.165) is 6.26 Å². The number of alkyl halides is 2. The smallest absolute Gasteiger partial charge is 0.175 e. The van der Waals surface area contributed by atoms with Crippen LogP contribution in [-0.2, 0) is 9.84 Å². The zero-order valence-electron chi connectivity index (χ0n) is 6.87. The van der Waals surface area contributed by atoms with Crippen LogP contribution in [0.15, 0.2) is 29.2 Å². The normalized spacial score (nSPS) is 12.0. The summed E-state index contributed by atoms with van der Waals surface area (Å²) in [4.78, 5) is -0.348. The monoisotopic (exact) mass is 238 g/mol. The van der Waals surface area contributed by atoms with E-state index in [0.29, 0.717) is 5.56 Å². The summed E-state index contributed by atoms with van der Waals surface area (Å²) in [5.41, 5.74) is 0.690. The Bertz CT molecular complexity index is 381. The van der Waals surface area contributed by atoms with Gasteiger partial charge in [0.15, 0.2) is 9.84 Å². The Morgan fingerprint density at radius 2 is 1.62 bits per heavy atom. The van der Waals surface area contributed by atoms with Crippen molar-refractivity contribution in [2.24, 2.45) is 0 Å². The number of rotatable bonds is 2. The van der Waals surface area contributed by atoms with Crippen LogP contribution in [0.4, 0.5) is 0 Å². The highest BCUT2D eigenvalue weighted by atomic mass is 35.5. The average Bonchev–Trinajstić information content (AvgIpc) is 2.03. The molecule has 13 heavy (non-hydrogen) atoms. The molecule has 0 spiro atoms. The lowest BCUT2D eigenvalue weighted by Crippen LogP contribution is -1.96. The topological polar surface area (TPSA) is 34.1 Å². The highest BCUT2D eigenvalue weighted by Crippen LogP contribution is 2.25. The maximum atomic E-state index is 11.0. The minimum Gasteiger partial charge on any atom is -0.224 e. The first-order chi connectivity index (χ1) is 5.91. The second kappa shape index (κ2) is 3.86. The molecule has 0 atom stereocenters. The maximum absolute atomic E-state index is 11.0. The van der Waals surface area contributed by atoms with Gasteiger partial charge in [0.25, 0.3) is 0 Å². The molecule has 0 fully saturated rings. The molecule has 1 aromatic carbocycles. The molecule has 0 amide bonds. The molecule has 0 heterocycles. The number of benzene rings is 1. The number of hydrogen-bond donors (Lipinski definition) is 0. The summed E-state index contributed by atoms with van der Waals surface area (Å²) in [6, 6.07) is 6.17. The van der Waals surface area contributed by atoms with Gasteiger partial charge in [-0.1, -0.05) is 12.1 Å². The van der Waals surface area contributed by atoms with Gasteiger partial charge in [-0.05, 0) is 17.7 Å². The summed E-state index contributed by atoms with van der Waals surface area (Å²) in [7, 11) is -3.13. The van der Waals surface area contributed by atoms with Crippen LogP contribution in [0.1, 0.15) is 10.4 Å². The van der Waals surface area contributed by atoms with Crippen molar-refractivity contribution in [3.63, 3.8) is 0 Å². The lowest BCUT2D eigenvalue weighted by atomic mass is 10.2. The second-order valence-electron chi connectivity index (χ2n) is 2.64. The Morgan fingerprint density at radius 1 is 1.15 bits per heavy atom. The fourth-order valence-electron chi connectivity index (χ4n) is 0.861. The van der Waals surface area contributed by atoms with Gasteiger partial charge in [0.2, 0.25) is 0 Å². The van der Waals surface area contributed by atoms with Gasteiger partial charge >= 0.3 is 0 Å². The first-order valence-corrected chi connectivity index (χ1v) is 6.26. The standard InChI is InChI=1S/C8H8Cl2O2S/c1-13(11,12)7-4-2-6(3-5-7)8(9)10/h2-5,8H,1H3. The van der Waals surface area contributed by atoms with E-state index >= 15 is 0 Å². The Hall–Kier alpha value is -0.250. The fraction of sp³-hybridized carbons (Fsp3) is 0.250. The zero-order valence-corrected chi connectivity index (χ0v) is 9.20. The van der Waals surface area contributed by atoms with E-state index in [2.05, 4.69) is 0 Å². The van der Waals surface area contributed by atoms with Crippen molar-refractivity contribution in [1.29, 1.82) is 0 Å². The second-order valence-corrected chi connectivity index (χ2v) is 5.75. The van der Waals surface area contributed by atoms with Gasteiger partial charge in [-0.3, -0.25) is 0 Å². The Kier molecular flexibility index (Phi) is 3.22. The summed E-state index contributed by atoms with van der Waals surface area (Å²) < 4.78 is 22.1. The molecule has 0 aliphatic heterocycles. The molecule has 0 saturated carbocycles. The average molecular weight is 239 g/mol. The van der Waals surface area contributed by atoms with Gasteiger partial charge in [0.1, 0.15) is 4.84 Å². The van der Waals surface area contributed by atoms with E-state index in [1.165, 1.54) is 12.1 Å². The first kappa shape index (κ1) is 10.8. The number of sulfone groups is 1. The third kappa shape index (κ3) is 2.86. The largest absolute Gasteiger partial charge is 0.224 e. The van der Waals surface area contributed by atoms with Crippen molar-refractivity contribution < 1.29 is 8.42 Å². The van der Waals surface area contributed by atoms with Crippen molar-refractivity contribution >= 4 is 33.0 Å². The van der Waals surface area contributed by atoms with Gasteiger partial charge in [-0.25, -0.2) is 8.42 Å². The van der Waals surface area contributed by atoms with Crippen LogP contribution in [0.2, 0.25) is 0 Å². The zero-order chi connectivity index (χ0) is 10.1. The van der Waals surface area contributed by atoms with Gasteiger partial charge in [-0.15, -0.1) is 23.2 Å². The van der Waals surface area contributed by atoms with E-state index in [1.807, 2.05) is 0 Å². The molecule has 72 valence electrons. The Labute approximate surface area is 87.4 Å². The van der Waals surface area contributed by atoms with E-state index in [-0.39, 0.29) is 4.90 Å². The van der Waals surface area contributed by atoms with Gasteiger partial charge in [0.05, 0.1) is 4.90 Å². The molecule has 0 unspecified atom stereocenters. The van der Waals surface area contributed by atoms with E-state index in [1.54, 1.807) is 12.1 Å². The highest BCUT2D eigenvalue weighted by Gasteiger charge is 2.08. The summed E-state index contributed by atoms with van der Waals surface area (Å²) in [5, 5.41) is 0. The fourth-order valence-corrected chi connectivity index (χ4v) is 1.78. The van der Waals surface area contributed by atoms with Gasteiger partial charge < -0.3 is 0 Å². The van der Waals surface area contributed by atoms with Crippen LogP contribution < -0.4 is 0 Å². The Morgan fingerprint density at radius 3 is 1.92 bits per heavy atom. The van der Waals surface area contributed by atoms with Crippen molar-refractivity contribution in [1.82, 2.24) is 0 Å². The number of halogens is 2. The first-order valence-electron chi connectivity index (χ1n) is 3.49. The van der Waals surface area contributed by atoms with Crippen LogP contribution in [0.3, 0.4) is 0 Å². The minimum atomic E-state index is -3.13. The molecule has 0 aromatic heterocycles. The van der Waals surface area contributed by atoms with E-state index in [9.17, 15) is 8.42 Å². The molecular weight excluding hydrogens is 231 g/mol. The molecule has 1 aromatic rings. The molecule has 0 saturated heterocycles. The molecule has 0 bridgehead atoms. The molecule has 0 radical (unpaired) electrons. The van der Waals surface area contributed by atoms with E-state index < -0.39 is 14.7 Å². The predicted molar refractivity (Wildman–Crippen MR) is 54.0 cm³/mol. The van der Waals surface area contributed by atoms with Crippen LogP contribution >= 0.6 is 23.2 Å². The lowest BCUT2D eigenvalue weighted by molar-refractivity contribution is 0.602. The molecule has 0 aliphatic carbocycles. The quantitative estimate of drug-likeness (QED) is 0.743. The summed E-state index contributed by atoms with van der Waals surface area (Å²) in [5.74, 6) is 0. The molecule has 1 rings (SSSR count). The van der Waals surface area contributed by atoms with Crippen molar-refractivity contribution in [3.05, 3.63) is 29.8 Å². The van der Waals surface area contributed by atoms with Crippen LogP contribution in [0.5, 0.6) is 0 Å². The minimum absolute atomic E-state index is 0.269. The van der Waals surface area contributed by atoms with Gasteiger partial charge in [-0.2, -0.15) is 0 Å². The van der Waals surface area contributed by atoms with Crippen molar-refractivity contribution in [3.8, 4) is 0 Å². The highest BCUT2D eigenvalue weighted by molar-refractivity contribution is 7.90. The third-order valence-electron chi connectivity index (χ3n) is 1.56. The summed E-state index contributed by atoms with van der Waals surface area (Å²) in [6.45, 7) is 0.